The van der Waals surface area contributed by atoms with Crippen molar-refractivity contribution in [3.05, 3.63) is 59.7 Å². The molecule has 0 fully saturated rings. The maximum absolute atomic E-state index is 12.7. The quantitative estimate of drug-likeness (QED) is 0.945. The number of fused-ring (bicyclic) bond motifs is 1. The van der Waals surface area contributed by atoms with E-state index in [9.17, 15) is 14.7 Å². The molecule has 112 valence electrons. The van der Waals surface area contributed by atoms with Gasteiger partial charge in [-0.2, -0.15) is 0 Å². The lowest BCUT2D eigenvalue weighted by Gasteiger charge is -2.17. The van der Waals surface area contributed by atoms with Gasteiger partial charge in [0, 0.05) is 17.8 Å². The van der Waals surface area contributed by atoms with Crippen LogP contribution in [0.2, 0.25) is 0 Å². The number of rotatable bonds is 3. The molecule has 22 heavy (non-hydrogen) atoms. The Morgan fingerprint density at radius 2 is 1.82 bits per heavy atom. The van der Waals surface area contributed by atoms with Gasteiger partial charge in [-0.3, -0.25) is 9.59 Å². The summed E-state index contributed by atoms with van der Waals surface area (Å²) >= 11 is 0. The number of anilines is 1. The molecule has 0 saturated heterocycles. The zero-order chi connectivity index (χ0) is 15.7. The van der Waals surface area contributed by atoms with E-state index < -0.39 is 11.9 Å². The molecular formula is C17H15NO4. The summed E-state index contributed by atoms with van der Waals surface area (Å²) in [4.78, 5) is 25.6. The number of hydrogen-bond acceptors (Lipinski definition) is 3. The molecule has 5 heteroatoms. The zero-order valence-corrected chi connectivity index (χ0v) is 12.0. The van der Waals surface area contributed by atoms with E-state index in [0.29, 0.717) is 22.6 Å². The molecule has 1 aliphatic heterocycles. The highest BCUT2D eigenvalue weighted by Gasteiger charge is 2.36. The molecule has 0 spiro atoms. The van der Waals surface area contributed by atoms with Gasteiger partial charge in [-0.05, 0) is 35.9 Å². The van der Waals surface area contributed by atoms with Crippen molar-refractivity contribution in [2.45, 2.75) is 5.92 Å². The van der Waals surface area contributed by atoms with E-state index in [1.807, 2.05) is 0 Å². The highest BCUT2D eigenvalue weighted by atomic mass is 16.5. The number of carbonyl (C=O) groups is 2. The average molecular weight is 297 g/mol. The second-order valence-electron chi connectivity index (χ2n) is 5.09. The van der Waals surface area contributed by atoms with Crippen molar-refractivity contribution in [1.82, 2.24) is 0 Å². The fourth-order valence-electron chi connectivity index (χ4n) is 2.70. The van der Waals surface area contributed by atoms with E-state index in [0.717, 1.165) is 0 Å². The van der Waals surface area contributed by atoms with E-state index in [-0.39, 0.29) is 12.5 Å². The van der Waals surface area contributed by atoms with Crippen LogP contribution in [0.3, 0.4) is 0 Å². The minimum absolute atomic E-state index is 0.152. The van der Waals surface area contributed by atoms with Gasteiger partial charge in [0.05, 0.1) is 7.11 Å². The van der Waals surface area contributed by atoms with Gasteiger partial charge in [0.25, 0.3) is 5.91 Å². The highest BCUT2D eigenvalue weighted by molar-refractivity contribution is 6.08. The third-order valence-corrected chi connectivity index (χ3v) is 3.85. The van der Waals surface area contributed by atoms with Crippen LogP contribution in [0, 0.1) is 0 Å². The molecule has 0 radical (unpaired) electrons. The molecule has 1 atom stereocenters. The van der Waals surface area contributed by atoms with Crippen LogP contribution in [-0.2, 0) is 4.79 Å². The molecule has 2 aromatic carbocycles. The summed E-state index contributed by atoms with van der Waals surface area (Å²) in [6.07, 6.45) is 0. The lowest BCUT2D eigenvalue weighted by molar-refractivity contribution is -0.138. The molecule has 0 aromatic heterocycles. The SMILES string of the molecule is COc1ccc(C(=O)N2C[C@H](C(=O)O)c3ccccc32)cc1. The average Bonchev–Trinajstić information content (AvgIpc) is 2.94. The molecule has 2 aromatic rings. The van der Waals surface area contributed by atoms with Crippen molar-refractivity contribution in [3.63, 3.8) is 0 Å². The van der Waals surface area contributed by atoms with Gasteiger partial charge in [0.1, 0.15) is 11.7 Å². The van der Waals surface area contributed by atoms with Gasteiger partial charge in [0.2, 0.25) is 0 Å². The van der Waals surface area contributed by atoms with Crippen LogP contribution in [0.15, 0.2) is 48.5 Å². The number of methoxy groups -OCH3 is 1. The smallest absolute Gasteiger partial charge is 0.312 e. The molecule has 0 aliphatic carbocycles. The monoisotopic (exact) mass is 297 g/mol. The Labute approximate surface area is 127 Å². The van der Waals surface area contributed by atoms with Gasteiger partial charge < -0.3 is 14.7 Å². The second-order valence-corrected chi connectivity index (χ2v) is 5.09. The summed E-state index contributed by atoms with van der Waals surface area (Å²) in [6.45, 7) is 0.152. The van der Waals surface area contributed by atoms with Gasteiger partial charge in [-0.15, -0.1) is 0 Å². The molecule has 0 bridgehead atoms. The minimum atomic E-state index is -0.919. The lowest BCUT2D eigenvalue weighted by atomic mass is 10.0. The van der Waals surface area contributed by atoms with E-state index in [2.05, 4.69) is 0 Å². The van der Waals surface area contributed by atoms with Crippen molar-refractivity contribution < 1.29 is 19.4 Å². The van der Waals surface area contributed by atoms with E-state index in [1.165, 1.54) is 4.90 Å². The van der Waals surface area contributed by atoms with Crippen molar-refractivity contribution in [2.75, 3.05) is 18.6 Å². The summed E-state index contributed by atoms with van der Waals surface area (Å²) in [5.41, 5.74) is 1.84. The Morgan fingerprint density at radius 1 is 1.14 bits per heavy atom. The van der Waals surface area contributed by atoms with Crippen molar-refractivity contribution in [3.8, 4) is 5.75 Å². The maximum atomic E-state index is 12.7. The van der Waals surface area contributed by atoms with Gasteiger partial charge in [-0.1, -0.05) is 18.2 Å². The second kappa shape index (κ2) is 5.52. The zero-order valence-electron chi connectivity index (χ0n) is 12.0. The van der Waals surface area contributed by atoms with Gasteiger partial charge in [0.15, 0.2) is 0 Å². The van der Waals surface area contributed by atoms with Crippen molar-refractivity contribution in [2.24, 2.45) is 0 Å². The van der Waals surface area contributed by atoms with Crippen LogP contribution in [0.25, 0.3) is 0 Å². The molecule has 1 N–H and O–H groups in total. The Kier molecular flexibility index (Phi) is 3.55. The topological polar surface area (TPSA) is 66.8 Å². The summed E-state index contributed by atoms with van der Waals surface area (Å²) in [6, 6.07) is 13.9. The van der Waals surface area contributed by atoms with E-state index in [1.54, 1.807) is 55.6 Å². The number of aliphatic carboxylic acids is 1. The third-order valence-electron chi connectivity index (χ3n) is 3.85. The Bertz CT molecular complexity index is 724. The number of benzene rings is 2. The van der Waals surface area contributed by atoms with Crippen LogP contribution < -0.4 is 9.64 Å². The van der Waals surface area contributed by atoms with Gasteiger partial charge >= 0.3 is 5.97 Å². The van der Waals surface area contributed by atoms with E-state index >= 15 is 0 Å². The number of carbonyl (C=O) groups excluding carboxylic acids is 1. The Hall–Kier alpha value is -2.82. The minimum Gasteiger partial charge on any atom is -0.497 e. The van der Waals surface area contributed by atoms with Crippen LogP contribution in [-0.4, -0.2) is 30.6 Å². The summed E-state index contributed by atoms with van der Waals surface area (Å²) in [5, 5.41) is 9.34. The Morgan fingerprint density at radius 3 is 2.45 bits per heavy atom. The molecule has 0 saturated carbocycles. The maximum Gasteiger partial charge on any atom is 0.312 e. The molecular weight excluding hydrogens is 282 g/mol. The number of amides is 1. The predicted molar refractivity (Wildman–Crippen MR) is 81.5 cm³/mol. The highest BCUT2D eigenvalue weighted by Crippen LogP contribution is 2.37. The van der Waals surface area contributed by atoms with Crippen LogP contribution in [0.4, 0.5) is 5.69 Å². The van der Waals surface area contributed by atoms with Crippen molar-refractivity contribution >= 4 is 17.6 Å². The summed E-state index contributed by atoms with van der Waals surface area (Å²) < 4.78 is 5.08. The van der Waals surface area contributed by atoms with Crippen molar-refractivity contribution in [1.29, 1.82) is 0 Å². The molecule has 1 heterocycles. The number of carboxylic acid groups (broad SMARTS) is 1. The number of ether oxygens (including phenoxy) is 1. The summed E-state index contributed by atoms with van der Waals surface area (Å²) in [5.74, 6) is -1.14. The fraction of sp³-hybridized carbons (Fsp3) is 0.176. The first-order valence-corrected chi connectivity index (χ1v) is 6.89. The molecule has 1 aliphatic rings. The fourth-order valence-corrected chi connectivity index (χ4v) is 2.70. The first kappa shape index (κ1) is 14.1. The third kappa shape index (κ3) is 2.30. The number of carboxylic acids is 1. The molecule has 3 rings (SSSR count). The van der Waals surface area contributed by atoms with Crippen LogP contribution >= 0.6 is 0 Å². The first-order valence-electron chi connectivity index (χ1n) is 6.89. The first-order chi connectivity index (χ1) is 10.6. The summed E-state index contributed by atoms with van der Waals surface area (Å²) in [7, 11) is 1.56. The number of nitrogens with zero attached hydrogens (tertiary/aromatic N) is 1. The van der Waals surface area contributed by atoms with E-state index in [4.69, 9.17) is 4.74 Å². The normalized spacial score (nSPS) is 16.2. The standard InChI is InChI=1S/C17H15NO4/c1-22-12-8-6-11(7-9-12)16(19)18-10-14(17(20)21)13-4-2-3-5-15(13)18/h2-9,14H,10H2,1H3,(H,20,21)/t14-/m0/s1. The van der Waals surface area contributed by atoms with Crippen LogP contribution in [0.5, 0.6) is 5.75 Å². The Balaban J connectivity index is 1.94. The largest absolute Gasteiger partial charge is 0.497 e. The van der Waals surface area contributed by atoms with Crippen LogP contribution in [0.1, 0.15) is 21.8 Å². The number of para-hydroxylation sites is 1. The molecule has 1 amide bonds. The number of hydrogen-bond donors (Lipinski definition) is 1. The van der Waals surface area contributed by atoms with Gasteiger partial charge in [-0.25, -0.2) is 0 Å². The molecule has 5 nitrogen and oxygen atoms in total. The molecule has 0 unspecified atom stereocenters. The lowest BCUT2D eigenvalue weighted by Crippen LogP contribution is -2.31. The predicted octanol–water partition coefficient (Wildman–Crippen LogP) is 2.52.